The number of benzene rings is 2. The molecule has 704 valence electrons. The zero-order chi connectivity index (χ0) is 91.0. The Kier molecular flexibility index (Phi) is 32.9. The summed E-state index contributed by atoms with van der Waals surface area (Å²) in [5, 5.41) is 0. The summed E-state index contributed by atoms with van der Waals surface area (Å²) < 4.78 is 2.88. The second kappa shape index (κ2) is 43.7. The third-order valence-electron chi connectivity index (χ3n) is 32.6. The first kappa shape index (κ1) is 97.9. The lowest BCUT2D eigenvalue weighted by molar-refractivity contribution is -0.122. The topological polar surface area (TPSA) is 40.6 Å². The summed E-state index contributed by atoms with van der Waals surface area (Å²) in [6.07, 6.45) is 79.8. The zero-order valence-corrected chi connectivity index (χ0v) is 88.6. The molecule has 130 heavy (non-hydrogen) atoms. The average molecular weight is 1860 g/mol. The van der Waals surface area contributed by atoms with Crippen molar-refractivity contribution in [3.8, 4) is 51.5 Å². The molecule has 0 radical (unpaired) electrons. The molecule has 4 nitrogen and oxygen atoms in total. The van der Waals surface area contributed by atoms with E-state index in [1.165, 1.54) is 406 Å². The highest BCUT2D eigenvalue weighted by Gasteiger charge is 2.58. The predicted molar refractivity (Wildman–Crippen MR) is 575 cm³/mol. The highest BCUT2D eigenvalue weighted by molar-refractivity contribution is 7.31. The van der Waals surface area contributed by atoms with Crippen LogP contribution in [0.25, 0.3) is 84.5 Å². The second-order valence-electron chi connectivity index (χ2n) is 44.0. The van der Waals surface area contributed by atoms with Gasteiger partial charge in [0, 0.05) is 93.6 Å². The van der Waals surface area contributed by atoms with Crippen molar-refractivity contribution in [1.29, 1.82) is 0 Å². The summed E-state index contributed by atoms with van der Waals surface area (Å²) in [4.78, 5) is 51.6. The highest BCUT2D eigenvalue weighted by Crippen LogP contribution is 2.70. The van der Waals surface area contributed by atoms with Gasteiger partial charge in [-0.3, -0.25) is 19.4 Å². The summed E-state index contributed by atoms with van der Waals surface area (Å²) in [7, 11) is 0. The number of carbonyl (C=O) groups is 2. The Morgan fingerprint density at radius 1 is 0.254 bits per heavy atom. The van der Waals surface area contributed by atoms with E-state index in [0.717, 1.165) is 46.8 Å². The molecule has 0 N–H and O–H groups in total. The van der Waals surface area contributed by atoms with Gasteiger partial charge in [0.25, 0.3) is 11.8 Å². The molecular weight excluding hydrogens is 1690 g/mol. The number of amides is 2. The first-order valence-electron chi connectivity index (χ1n) is 54.4. The minimum atomic E-state index is -0.239. The number of carbonyl (C=O) groups excluding carboxylic acids is 2. The molecule has 10 heterocycles. The zero-order valence-electron chi connectivity index (χ0n) is 83.7. The number of thiophene rings is 6. The molecule has 16 rings (SSSR count). The van der Waals surface area contributed by atoms with Crippen LogP contribution in [-0.2, 0) is 42.1 Å². The van der Waals surface area contributed by atoms with Gasteiger partial charge in [0.2, 0.25) is 0 Å². The highest BCUT2D eigenvalue weighted by atomic mass is 32.1. The van der Waals surface area contributed by atoms with E-state index < -0.39 is 0 Å². The Morgan fingerprint density at radius 2 is 0.523 bits per heavy atom. The maximum absolute atomic E-state index is 16.7. The minimum absolute atomic E-state index is 0.0277. The van der Waals surface area contributed by atoms with Gasteiger partial charge in [-0.2, -0.15) is 0 Å². The maximum atomic E-state index is 16.7. The van der Waals surface area contributed by atoms with E-state index in [1.807, 2.05) is 55.1 Å². The second-order valence-corrected chi connectivity index (χ2v) is 50.4. The number of hydrogen-bond donors (Lipinski definition) is 0. The standard InChI is InChI=1S/C120H166N2O2S6/c1-15-23-31-39-47-55-65-117(66-56-48-40-32-24-16-2)89-77-87-91(75-85(89)107-93(117)79-95(127-107)96-81-97-98(125-96)82-100(126-97)116(12,13)14)119(69-59-51-43-35-27-19-5,70-60-52-44-36-28-20-6)103-83-63-73-121-105(111(83)129-109(87)103)101-102(114(121)124)106-112-84(64-74-122(106)113(101)123)104-110(130-112)88-78-90-86(76-92(88)120(104,71-61-53-45-37-29-21-7)72-62-54-46-38-30-22-8)108-94(80-99(128-108)115(9,10)11)118(90,67-57-49-41-33-25-17-3)68-58-50-42-34-26-18-4/h63-64,73-82H,15-62,65-72H2,1-14H3. The smallest absolute Gasteiger partial charge is 0.265 e. The fourth-order valence-electron chi connectivity index (χ4n) is 25.3. The monoisotopic (exact) mass is 1860 g/mol. The van der Waals surface area contributed by atoms with Crippen molar-refractivity contribution in [3.05, 3.63) is 147 Å². The Hall–Kier alpha value is -5.20. The molecule has 8 aromatic rings. The van der Waals surface area contributed by atoms with E-state index in [4.69, 9.17) is 0 Å². The van der Waals surface area contributed by atoms with Crippen LogP contribution in [0.2, 0.25) is 0 Å². The van der Waals surface area contributed by atoms with E-state index in [-0.39, 0.29) is 44.3 Å². The summed E-state index contributed by atoms with van der Waals surface area (Å²) >= 11 is 12.3. The van der Waals surface area contributed by atoms with Crippen LogP contribution in [-0.4, -0.2) is 21.6 Å². The predicted octanol–water partition coefficient (Wildman–Crippen LogP) is 40.3. The number of hydrogen-bond acceptors (Lipinski definition) is 8. The van der Waals surface area contributed by atoms with Gasteiger partial charge in [0.15, 0.2) is 0 Å². The van der Waals surface area contributed by atoms with Gasteiger partial charge in [-0.1, -0.05) is 405 Å². The number of nitrogens with zero attached hydrogens (tertiary/aromatic N) is 2. The van der Waals surface area contributed by atoms with E-state index in [9.17, 15) is 0 Å². The van der Waals surface area contributed by atoms with Crippen molar-refractivity contribution < 1.29 is 9.59 Å². The molecule has 0 spiro atoms. The first-order chi connectivity index (χ1) is 63.3. The van der Waals surface area contributed by atoms with Crippen LogP contribution < -0.4 is 0 Å². The van der Waals surface area contributed by atoms with Gasteiger partial charge in [0.05, 0.1) is 32.3 Å². The minimum Gasteiger partial charge on any atom is -0.281 e. The number of fused-ring (bicyclic) bond motifs is 22. The van der Waals surface area contributed by atoms with Crippen LogP contribution in [0.1, 0.15) is 532 Å². The van der Waals surface area contributed by atoms with E-state index >= 15 is 9.59 Å². The maximum Gasteiger partial charge on any atom is 0.265 e. The Morgan fingerprint density at radius 3 is 0.846 bits per heavy atom. The molecule has 0 fully saturated rings. The molecule has 2 amide bonds. The summed E-state index contributed by atoms with van der Waals surface area (Å²) in [5.41, 5.74) is 23.9. The van der Waals surface area contributed by atoms with E-state index in [2.05, 4.69) is 193 Å². The molecule has 8 aliphatic rings. The third kappa shape index (κ3) is 19.1. The molecule has 0 bridgehead atoms. The SMILES string of the molecule is CCCCCCCCC1(CCCCCCCC)c2cc3c(cc2-c2sc(-c4cc5sc(C(C)(C)C)cc5s4)cc21)C(CCCCCCCC)(CCCCCCCC)c1c-3sc2c1C=CN1C(=O)C3=C4c5sc6c(c5C=CN4C(=O)C3=C21)C(CCCCCCCC)(CCCCCCCC)c1cc2c(cc1-6)C(CCCCCCCC)(CCCCCCCC)c1cc(C(C)(C)C)sc1-2. The lowest BCUT2D eigenvalue weighted by Gasteiger charge is -2.36. The van der Waals surface area contributed by atoms with E-state index in [0.29, 0.717) is 11.1 Å². The normalized spacial score (nSPS) is 16.4. The molecule has 4 aliphatic carbocycles. The van der Waals surface area contributed by atoms with Crippen LogP contribution in [0.15, 0.2) is 72.1 Å². The number of unbranched alkanes of at least 4 members (excludes halogenated alkanes) is 40. The number of rotatable bonds is 57. The lowest BCUT2D eigenvalue weighted by atomic mass is 9.68. The average Bonchev–Trinajstić information content (AvgIpc) is 1.50. The molecule has 10 heteroatoms. The van der Waals surface area contributed by atoms with Gasteiger partial charge in [-0.05, 0) is 190 Å². The Bertz CT molecular complexity index is 5260. The van der Waals surface area contributed by atoms with Gasteiger partial charge in [-0.25, -0.2) is 0 Å². The molecule has 0 atom stereocenters. The summed E-state index contributed by atoms with van der Waals surface area (Å²) in [6, 6.07) is 22.0. The van der Waals surface area contributed by atoms with Crippen LogP contribution >= 0.6 is 68.0 Å². The molecular formula is C120H166N2O2S6. The van der Waals surface area contributed by atoms with Gasteiger partial charge in [0.1, 0.15) is 0 Å². The summed E-state index contributed by atoms with van der Waals surface area (Å²) in [5.74, 6) is -0.0554. The molecule has 0 unspecified atom stereocenters. The molecule has 6 aromatic heterocycles. The van der Waals surface area contributed by atoms with E-state index in [1.54, 1.807) is 54.3 Å². The van der Waals surface area contributed by atoms with Crippen LogP contribution in [0.3, 0.4) is 0 Å². The molecule has 0 saturated carbocycles. The fourth-order valence-corrected chi connectivity index (χ4v) is 33.4. The van der Waals surface area contributed by atoms with Crippen molar-refractivity contribution in [1.82, 2.24) is 9.80 Å². The molecule has 2 aromatic carbocycles. The fraction of sp³-hybridized carbons (Fsp3) is 0.633. The quantitative estimate of drug-likeness (QED) is 0.0357. The third-order valence-corrected chi connectivity index (χ3v) is 40.7. The van der Waals surface area contributed by atoms with Crippen molar-refractivity contribution >= 4 is 113 Å². The Balaban J connectivity index is 0.877. The van der Waals surface area contributed by atoms with Gasteiger partial charge < -0.3 is 0 Å². The summed E-state index contributed by atoms with van der Waals surface area (Å²) in [6.45, 7) is 33.4. The van der Waals surface area contributed by atoms with Crippen molar-refractivity contribution in [2.45, 2.75) is 489 Å². The van der Waals surface area contributed by atoms with Crippen LogP contribution in [0, 0.1) is 0 Å². The van der Waals surface area contributed by atoms with Crippen LogP contribution in [0.4, 0.5) is 0 Å². The van der Waals surface area contributed by atoms with Crippen molar-refractivity contribution in [3.63, 3.8) is 0 Å². The van der Waals surface area contributed by atoms with Gasteiger partial charge >= 0.3 is 0 Å². The first-order valence-corrected chi connectivity index (χ1v) is 59.3. The van der Waals surface area contributed by atoms with Crippen LogP contribution in [0.5, 0.6) is 0 Å². The molecule has 0 saturated heterocycles. The largest absolute Gasteiger partial charge is 0.281 e. The van der Waals surface area contributed by atoms with Crippen molar-refractivity contribution in [2.75, 3.05) is 0 Å². The lowest BCUT2D eigenvalue weighted by Crippen LogP contribution is -2.29. The van der Waals surface area contributed by atoms with Crippen molar-refractivity contribution in [2.24, 2.45) is 0 Å². The van der Waals surface area contributed by atoms with Gasteiger partial charge in [-0.15, -0.1) is 68.0 Å². The molecule has 4 aliphatic heterocycles. The Labute approximate surface area is 813 Å².